The predicted octanol–water partition coefficient (Wildman–Crippen LogP) is 1.24. The molecule has 0 N–H and O–H groups in total. The van der Waals surface area contributed by atoms with Crippen LogP contribution in [0.15, 0.2) is 5.11 Å². The van der Waals surface area contributed by atoms with Crippen LogP contribution in [-0.4, -0.2) is 31.9 Å². The van der Waals surface area contributed by atoms with E-state index < -0.39 is 9.24 Å². The van der Waals surface area contributed by atoms with Crippen molar-refractivity contribution < 1.29 is 8.42 Å². The van der Waals surface area contributed by atoms with E-state index in [0.29, 0.717) is 25.9 Å². The molecule has 8 heteroatoms. The van der Waals surface area contributed by atoms with Crippen molar-refractivity contribution in [2.24, 2.45) is 5.11 Å². The van der Waals surface area contributed by atoms with Crippen LogP contribution in [0.25, 0.3) is 10.4 Å². The van der Waals surface area contributed by atoms with E-state index in [1.165, 1.54) is 4.31 Å². The van der Waals surface area contributed by atoms with Crippen LogP contribution in [0.2, 0.25) is 0 Å². The summed E-state index contributed by atoms with van der Waals surface area (Å²) in [6.45, 7) is 0.658. The summed E-state index contributed by atoms with van der Waals surface area (Å²) in [6, 6.07) is -0.0975. The zero-order chi connectivity index (χ0) is 9.90. The van der Waals surface area contributed by atoms with E-state index in [9.17, 15) is 8.42 Å². The van der Waals surface area contributed by atoms with E-state index in [1.807, 2.05) is 0 Å². The van der Waals surface area contributed by atoms with Gasteiger partial charge in [-0.3, -0.25) is 0 Å². The van der Waals surface area contributed by atoms with Crippen molar-refractivity contribution in [3.8, 4) is 0 Å². The maximum atomic E-state index is 10.8. The topological polar surface area (TPSA) is 86.1 Å². The van der Waals surface area contributed by atoms with Crippen molar-refractivity contribution in [3.63, 3.8) is 0 Å². The van der Waals surface area contributed by atoms with E-state index in [1.54, 1.807) is 0 Å². The Hall–Kier alpha value is -0.490. The zero-order valence-electron chi connectivity index (χ0n) is 6.80. The molecule has 0 aromatic rings. The molecule has 13 heavy (non-hydrogen) atoms. The molecule has 0 aliphatic carbocycles. The molecule has 0 saturated carbocycles. The van der Waals surface area contributed by atoms with Crippen molar-refractivity contribution in [3.05, 3.63) is 10.4 Å². The summed E-state index contributed by atoms with van der Waals surface area (Å²) in [6.07, 6.45) is 1.08. The van der Waals surface area contributed by atoms with E-state index in [-0.39, 0.29) is 6.04 Å². The third-order valence-electron chi connectivity index (χ3n) is 1.95. The molecule has 1 saturated heterocycles. The molecule has 0 bridgehead atoms. The van der Waals surface area contributed by atoms with Crippen molar-refractivity contribution in [2.45, 2.75) is 18.9 Å². The van der Waals surface area contributed by atoms with Gasteiger partial charge in [-0.05, 0) is 18.4 Å². The molecule has 0 aromatic heterocycles. The Morgan fingerprint density at radius 2 is 2.00 bits per heavy atom. The monoisotopic (exact) mass is 224 g/mol. The molecule has 1 aliphatic rings. The number of hydrogen-bond acceptors (Lipinski definition) is 3. The van der Waals surface area contributed by atoms with Gasteiger partial charge in [0.15, 0.2) is 0 Å². The fraction of sp³-hybridized carbons (Fsp3) is 1.00. The normalized spacial score (nSPS) is 21.0. The van der Waals surface area contributed by atoms with Crippen molar-refractivity contribution in [1.29, 1.82) is 0 Å². The van der Waals surface area contributed by atoms with Gasteiger partial charge in [0.2, 0.25) is 0 Å². The van der Waals surface area contributed by atoms with Gasteiger partial charge < -0.3 is 0 Å². The molecule has 0 unspecified atom stereocenters. The highest BCUT2D eigenvalue weighted by Gasteiger charge is 2.25. The Morgan fingerprint density at radius 3 is 2.38 bits per heavy atom. The highest BCUT2D eigenvalue weighted by atomic mass is 35.7. The van der Waals surface area contributed by atoms with E-state index in [4.69, 9.17) is 16.2 Å². The minimum atomic E-state index is -3.59. The maximum Gasteiger partial charge on any atom is 0.299 e. The minimum absolute atomic E-state index is 0.0975. The summed E-state index contributed by atoms with van der Waals surface area (Å²) in [5.41, 5.74) is 8.14. The van der Waals surface area contributed by atoms with Gasteiger partial charge in [-0.2, -0.15) is 12.7 Å². The smallest absolute Gasteiger partial charge is 0.195 e. The first kappa shape index (κ1) is 10.6. The number of azide groups is 1. The standard InChI is InChI=1S/C5H9ClN4O2S/c6-13(11,12)10-3-1-5(2-4-10)8-9-7/h5H,1-4H2. The van der Waals surface area contributed by atoms with Crippen LogP contribution < -0.4 is 0 Å². The van der Waals surface area contributed by atoms with Crippen LogP contribution in [0.5, 0.6) is 0 Å². The molecular formula is C5H9ClN4O2S. The lowest BCUT2D eigenvalue weighted by atomic mass is 10.1. The minimum Gasteiger partial charge on any atom is -0.195 e. The number of piperidine rings is 1. The Labute approximate surface area is 80.7 Å². The average molecular weight is 225 g/mol. The molecule has 74 valence electrons. The predicted molar refractivity (Wildman–Crippen MR) is 48.5 cm³/mol. The van der Waals surface area contributed by atoms with Crippen molar-refractivity contribution >= 4 is 19.9 Å². The summed E-state index contributed by atoms with van der Waals surface area (Å²) in [5, 5.41) is 3.52. The molecule has 0 radical (unpaired) electrons. The quantitative estimate of drug-likeness (QED) is 0.306. The highest BCUT2D eigenvalue weighted by molar-refractivity contribution is 8.11. The van der Waals surface area contributed by atoms with E-state index in [2.05, 4.69) is 10.0 Å². The number of halogens is 1. The fourth-order valence-electron chi connectivity index (χ4n) is 1.25. The summed E-state index contributed by atoms with van der Waals surface area (Å²) in [4.78, 5) is 2.67. The lowest BCUT2D eigenvalue weighted by Crippen LogP contribution is -2.37. The van der Waals surface area contributed by atoms with Crippen LogP contribution in [0.3, 0.4) is 0 Å². The first-order valence-electron chi connectivity index (χ1n) is 3.78. The van der Waals surface area contributed by atoms with E-state index in [0.717, 1.165) is 0 Å². The largest absolute Gasteiger partial charge is 0.299 e. The number of nitrogens with zero attached hydrogens (tertiary/aromatic N) is 4. The molecule has 0 aromatic carbocycles. The van der Waals surface area contributed by atoms with Crippen LogP contribution in [0, 0.1) is 0 Å². The number of hydrogen-bond donors (Lipinski definition) is 0. The molecule has 1 aliphatic heterocycles. The molecular weight excluding hydrogens is 216 g/mol. The Kier molecular flexibility index (Phi) is 3.38. The molecule has 1 fully saturated rings. The number of rotatable bonds is 2. The summed E-state index contributed by atoms with van der Waals surface area (Å²) in [5.74, 6) is 0. The first-order valence-corrected chi connectivity index (χ1v) is 6.04. The Bertz CT molecular complexity index is 315. The lowest BCUT2D eigenvalue weighted by Gasteiger charge is -2.26. The molecule has 0 amide bonds. The van der Waals surface area contributed by atoms with Gasteiger partial charge in [-0.25, -0.2) is 0 Å². The summed E-state index contributed by atoms with van der Waals surface area (Å²) < 4.78 is 22.9. The highest BCUT2D eigenvalue weighted by Crippen LogP contribution is 2.18. The second kappa shape index (κ2) is 4.15. The van der Waals surface area contributed by atoms with Gasteiger partial charge in [0.1, 0.15) is 0 Å². The average Bonchev–Trinajstić information content (AvgIpc) is 2.04. The van der Waals surface area contributed by atoms with Gasteiger partial charge in [0.25, 0.3) is 9.24 Å². The fourth-order valence-corrected chi connectivity index (χ4v) is 2.31. The SMILES string of the molecule is [N-]=[N+]=NC1CCN(S(=O)(=O)Cl)CC1. The van der Waals surface area contributed by atoms with Crippen LogP contribution in [0.4, 0.5) is 0 Å². The lowest BCUT2D eigenvalue weighted by molar-refractivity contribution is 0.325. The molecule has 0 atom stereocenters. The van der Waals surface area contributed by atoms with Crippen molar-refractivity contribution in [2.75, 3.05) is 13.1 Å². The van der Waals surface area contributed by atoms with Gasteiger partial charge >= 0.3 is 0 Å². The van der Waals surface area contributed by atoms with Crippen LogP contribution in [0.1, 0.15) is 12.8 Å². The molecule has 1 rings (SSSR count). The second-order valence-electron chi connectivity index (χ2n) is 2.78. The van der Waals surface area contributed by atoms with Crippen molar-refractivity contribution in [1.82, 2.24) is 4.31 Å². The van der Waals surface area contributed by atoms with Gasteiger partial charge in [-0.15, -0.1) is 0 Å². The zero-order valence-corrected chi connectivity index (χ0v) is 8.37. The van der Waals surface area contributed by atoms with Crippen LogP contribution in [-0.2, 0) is 9.24 Å². The van der Waals surface area contributed by atoms with Gasteiger partial charge in [0, 0.05) is 34.7 Å². The summed E-state index contributed by atoms with van der Waals surface area (Å²) in [7, 11) is 1.54. The third kappa shape index (κ3) is 3.04. The second-order valence-corrected chi connectivity index (χ2v) is 5.29. The molecule has 1 heterocycles. The first-order chi connectivity index (χ1) is 6.04. The maximum absolute atomic E-state index is 10.8. The van der Waals surface area contributed by atoms with Gasteiger partial charge in [-0.1, -0.05) is 5.11 Å². The van der Waals surface area contributed by atoms with E-state index >= 15 is 0 Å². The van der Waals surface area contributed by atoms with Crippen LogP contribution >= 0.6 is 10.7 Å². The molecule has 6 nitrogen and oxygen atoms in total. The Morgan fingerprint density at radius 1 is 1.46 bits per heavy atom. The third-order valence-corrected chi connectivity index (χ3v) is 3.51. The Balaban J connectivity index is 2.53. The molecule has 0 spiro atoms. The van der Waals surface area contributed by atoms with Gasteiger partial charge in [0.05, 0.1) is 0 Å². The summed E-state index contributed by atoms with van der Waals surface area (Å²) >= 11 is 0.